The Bertz CT molecular complexity index is 1210. The molecule has 0 aliphatic heterocycles. The molecule has 2 unspecified atom stereocenters. The zero-order valence-corrected chi connectivity index (χ0v) is 20.5. The first-order valence-corrected chi connectivity index (χ1v) is 12.8. The highest BCUT2D eigenvalue weighted by Crippen LogP contribution is 2.37. The molecule has 3 atom stereocenters. The van der Waals surface area contributed by atoms with E-state index in [-0.39, 0.29) is 11.6 Å². The van der Waals surface area contributed by atoms with Crippen LogP contribution in [0.25, 0.3) is 11.0 Å². The zero-order chi connectivity index (χ0) is 25.9. The van der Waals surface area contributed by atoms with Crippen LogP contribution in [0.2, 0.25) is 0 Å². The van der Waals surface area contributed by atoms with Crippen LogP contribution in [-0.4, -0.2) is 33.6 Å². The van der Waals surface area contributed by atoms with Gasteiger partial charge < -0.3 is 9.88 Å². The predicted octanol–water partition coefficient (Wildman–Crippen LogP) is 6.31. The van der Waals surface area contributed by atoms with E-state index in [2.05, 4.69) is 21.7 Å². The van der Waals surface area contributed by atoms with Crippen molar-refractivity contribution in [2.24, 2.45) is 5.92 Å². The van der Waals surface area contributed by atoms with Gasteiger partial charge in [0.1, 0.15) is 11.9 Å². The smallest absolute Gasteiger partial charge is 0.338 e. The number of benzene rings is 1. The Balaban J connectivity index is 1.64. The van der Waals surface area contributed by atoms with Gasteiger partial charge in [-0.25, -0.2) is 9.78 Å². The number of carbonyl (C=O) groups is 2. The topological polar surface area (TPSA) is 73.2 Å². The molecule has 1 aromatic carbocycles. The highest BCUT2D eigenvalue weighted by molar-refractivity contribution is 7.09. The molecule has 0 spiro atoms. The maximum atomic E-state index is 12.8. The summed E-state index contributed by atoms with van der Waals surface area (Å²) in [5.41, 5.74) is 1.55. The lowest BCUT2D eigenvalue weighted by Crippen LogP contribution is -2.41. The van der Waals surface area contributed by atoms with Crippen molar-refractivity contribution in [3.8, 4) is 0 Å². The third-order valence-electron chi connectivity index (χ3n) is 6.72. The quantitative estimate of drug-likeness (QED) is 0.350. The second-order valence-electron chi connectivity index (χ2n) is 9.26. The lowest BCUT2D eigenvalue weighted by molar-refractivity contribution is -0.187. The van der Waals surface area contributed by atoms with Gasteiger partial charge in [-0.05, 0) is 54.8 Å². The minimum atomic E-state index is -4.57. The molecule has 0 bridgehead atoms. The Labute approximate surface area is 209 Å². The molecular formula is C25H27F4N3O3S. The second kappa shape index (κ2) is 11.0. The summed E-state index contributed by atoms with van der Waals surface area (Å²) >= 11 is 1.64. The van der Waals surface area contributed by atoms with Crippen molar-refractivity contribution in [1.29, 1.82) is 0 Å². The lowest BCUT2D eigenvalue weighted by Gasteiger charge is -2.31. The molecule has 194 valence electrons. The van der Waals surface area contributed by atoms with Crippen LogP contribution in [0.1, 0.15) is 72.6 Å². The van der Waals surface area contributed by atoms with E-state index in [9.17, 15) is 27.3 Å². The lowest BCUT2D eigenvalue weighted by atomic mass is 9.85. The normalized spacial score (nSPS) is 19.2. The van der Waals surface area contributed by atoms with Gasteiger partial charge in [0, 0.05) is 33.9 Å². The Morgan fingerprint density at radius 1 is 1.25 bits per heavy atom. The molecular weight excluding hydrogens is 498 g/mol. The molecule has 0 saturated heterocycles. The van der Waals surface area contributed by atoms with Crippen LogP contribution >= 0.6 is 11.3 Å². The third kappa shape index (κ3) is 6.05. The summed E-state index contributed by atoms with van der Waals surface area (Å²) in [7, 11) is 0. The second-order valence-corrected chi connectivity index (χ2v) is 10.3. The molecule has 2 aromatic heterocycles. The highest BCUT2D eigenvalue weighted by atomic mass is 32.1. The Hall–Kier alpha value is -2.95. The largest absolute Gasteiger partial charge is 0.389 e. The number of nitrogens with zero attached hydrogens (tertiary/aromatic N) is 2. The van der Waals surface area contributed by atoms with Gasteiger partial charge in [0.15, 0.2) is 0 Å². The summed E-state index contributed by atoms with van der Waals surface area (Å²) < 4.78 is 52.5. The van der Waals surface area contributed by atoms with Gasteiger partial charge in [-0.1, -0.05) is 25.8 Å². The van der Waals surface area contributed by atoms with Crippen molar-refractivity contribution >= 4 is 34.2 Å². The number of fused-ring (bicyclic) bond motifs is 1. The maximum Gasteiger partial charge on any atom is 0.389 e. The summed E-state index contributed by atoms with van der Waals surface area (Å²) in [5.74, 6) is -1.05. The van der Waals surface area contributed by atoms with Crippen LogP contribution < -0.4 is 5.32 Å². The highest BCUT2D eigenvalue weighted by Gasteiger charge is 2.33. The summed E-state index contributed by atoms with van der Waals surface area (Å²) in [4.78, 5) is 33.5. The monoisotopic (exact) mass is 525 g/mol. The van der Waals surface area contributed by atoms with Gasteiger partial charge in [-0.2, -0.15) is 13.2 Å². The molecule has 11 heteroatoms. The van der Waals surface area contributed by atoms with Crippen molar-refractivity contribution in [1.82, 2.24) is 14.9 Å². The summed E-state index contributed by atoms with van der Waals surface area (Å²) in [5, 5.41) is 4.17. The van der Waals surface area contributed by atoms with E-state index < -0.39 is 36.9 Å². The van der Waals surface area contributed by atoms with E-state index >= 15 is 0 Å². The number of halogens is 4. The first kappa shape index (κ1) is 26.1. The van der Waals surface area contributed by atoms with Crippen molar-refractivity contribution in [2.45, 2.75) is 70.1 Å². The number of aromatic nitrogens is 2. The predicted molar refractivity (Wildman–Crippen MR) is 127 cm³/mol. The minimum Gasteiger partial charge on any atom is -0.338 e. The first-order valence-electron chi connectivity index (χ1n) is 11.9. The standard InChI is InChI=1S/C25H27F4N3O3S/c1-15-5-2-3-7-20(15)32-21-9-8-16(13-19(21)30-22(32)14-17-6-4-12-36-17)23(33)31-18(24(34)35-29)10-11-25(26,27)28/h4,6,8-9,12-13,15,18,20H,2-3,5,7,10-11,14H2,1H3,(H,31,33)/t15-,18?,20?/m1/s1. The fraction of sp³-hybridized carbons (Fsp3) is 0.480. The van der Waals surface area contributed by atoms with Gasteiger partial charge >= 0.3 is 12.1 Å². The van der Waals surface area contributed by atoms with E-state index in [0.717, 1.165) is 35.5 Å². The molecule has 1 amide bonds. The van der Waals surface area contributed by atoms with E-state index in [1.807, 2.05) is 17.5 Å². The fourth-order valence-electron chi connectivity index (χ4n) is 4.89. The molecule has 3 aromatic rings. The van der Waals surface area contributed by atoms with E-state index in [0.29, 0.717) is 17.9 Å². The minimum absolute atomic E-state index is 0.107. The zero-order valence-electron chi connectivity index (χ0n) is 19.7. The molecule has 1 saturated carbocycles. The summed E-state index contributed by atoms with van der Waals surface area (Å²) in [6.45, 7) is 2.23. The number of alkyl halides is 3. The van der Waals surface area contributed by atoms with Crippen molar-refractivity contribution in [3.63, 3.8) is 0 Å². The molecule has 1 N–H and O–H groups in total. The Kier molecular flexibility index (Phi) is 7.97. The van der Waals surface area contributed by atoms with Crippen molar-refractivity contribution < 1.29 is 32.2 Å². The average molecular weight is 526 g/mol. The molecule has 1 fully saturated rings. The van der Waals surface area contributed by atoms with Gasteiger partial charge in [0.05, 0.1) is 11.0 Å². The van der Waals surface area contributed by atoms with E-state index in [4.69, 9.17) is 4.98 Å². The first-order chi connectivity index (χ1) is 17.2. The van der Waals surface area contributed by atoms with E-state index in [1.165, 1.54) is 6.42 Å². The van der Waals surface area contributed by atoms with Gasteiger partial charge in [0.2, 0.25) is 0 Å². The average Bonchev–Trinajstić information content (AvgIpc) is 3.48. The number of rotatable bonds is 8. The van der Waals surface area contributed by atoms with Gasteiger partial charge in [-0.15, -0.1) is 11.3 Å². The van der Waals surface area contributed by atoms with Crippen LogP contribution in [-0.2, 0) is 16.2 Å². The van der Waals surface area contributed by atoms with Crippen LogP contribution in [0, 0.1) is 5.92 Å². The number of imidazole rings is 1. The molecule has 0 radical (unpaired) electrons. The molecule has 6 nitrogen and oxygen atoms in total. The van der Waals surface area contributed by atoms with Crippen LogP contribution in [0.4, 0.5) is 17.7 Å². The number of nitrogens with one attached hydrogen (secondary N) is 1. The van der Waals surface area contributed by atoms with Crippen LogP contribution in [0.5, 0.6) is 0 Å². The van der Waals surface area contributed by atoms with Crippen LogP contribution in [0.3, 0.4) is 0 Å². The Morgan fingerprint density at radius 2 is 2.03 bits per heavy atom. The molecule has 1 aliphatic rings. The fourth-order valence-corrected chi connectivity index (χ4v) is 5.59. The van der Waals surface area contributed by atoms with E-state index in [1.54, 1.807) is 29.5 Å². The number of thiophene rings is 1. The number of hydrogen-bond acceptors (Lipinski definition) is 5. The van der Waals surface area contributed by atoms with Crippen molar-refractivity contribution in [3.05, 3.63) is 52.0 Å². The molecule has 2 heterocycles. The number of amides is 1. The maximum absolute atomic E-state index is 12.8. The van der Waals surface area contributed by atoms with Gasteiger partial charge in [-0.3, -0.25) is 9.74 Å². The SMILES string of the molecule is C[C@@H]1CCCCC1n1c(Cc2cccs2)nc2cc(C(=O)NC(CCC(F)(F)F)C(=O)OF)ccc21. The summed E-state index contributed by atoms with van der Waals surface area (Å²) in [6, 6.07) is 7.39. The number of carbonyl (C=O) groups excluding carboxylic acids is 2. The van der Waals surface area contributed by atoms with Crippen molar-refractivity contribution in [2.75, 3.05) is 0 Å². The summed E-state index contributed by atoms with van der Waals surface area (Å²) in [6.07, 6.45) is -1.68. The van der Waals surface area contributed by atoms with Gasteiger partial charge in [0.25, 0.3) is 5.91 Å². The molecule has 36 heavy (non-hydrogen) atoms. The third-order valence-corrected chi connectivity index (χ3v) is 7.59. The van der Waals surface area contributed by atoms with Crippen LogP contribution in [0.15, 0.2) is 35.7 Å². The Morgan fingerprint density at radius 3 is 2.69 bits per heavy atom. The molecule has 4 rings (SSSR count). The number of hydrogen-bond donors (Lipinski definition) is 1. The molecule has 1 aliphatic carbocycles.